The molecule has 0 aliphatic carbocycles. The van der Waals surface area contributed by atoms with Crippen LogP contribution in [0, 0.1) is 0 Å². The fourth-order valence-electron chi connectivity index (χ4n) is 0. The zero-order valence-electron chi connectivity index (χ0n) is 3.47. The standard InChI is InChI=1S/C3H6O2S/c1-3(2)6(4)5/h6H,1H2,2H3. The maximum atomic E-state index is 9.64. The van der Waals surface area contributed by atoms with E-state index in [1.54, 1.807) is 0 Å². The average molecular weight is 106 g/mol. The minimum absolute atomic E-state index is 0.213. The second-order valence-corrected chi connectivity index (χ2v) is 2.27. The Morgan fingerprint density at radius 3 is 1.83 bits per heavy atom. The van der Waals surface area contributed by atoms with Crippen LogP contribution in [0.3, 0.4) is 0 Å². The molecule has 0 heterocycles. The van der Waals surface area contributed by atoms with Gasteiger partial charge in [-0.15, -0.1) is 0 Å². The van der Waals surface area contributed by atoms with Crippen molar-refractivity contribution in [3.8, 4) is 0 Å². The second kappa shape index (κ2) is 1.97. The van der Waals surface area contributed by atoms with E-state index in [0.717, 1.165) is 0 Å². The number of allylic oxidation sites excluding steroid dienone is 1. The lowest BCUT2D eigenvalue weighted by Gasteiger charge is -1.71. The lowest BCUT2D eigenvalue weighted by atomic mass is 10.8. The predicted octanol–water partition coefficient (Wildman–Crippen LogP) is 0.131. The van der Waals surface area contributed by atoms with Gasteiger partial charge >= 0.3 is 0 Å². The quantitative estimate of drug-likeness (QED) is 0.482. The van der Waals surface area contributed by atoms with Crippen molar-refractivity contribution in [1.82, 2.24) is 0 Å². The Bertz CT molecular complexity index is 115. The average Bonchev–Trinajstić information content (AvgIpc) is 1.36. The Hall–Kier alpha value is -0.310. The van der Waals surface area contributed by atoms with Gasteiger partial charge in [-0.2, -0.15) is 0 Å². The van der Waals surface area contributed by atoms with Crippen LogP contribution in [-0.2, 0) is 10.7 Å². The van der Waals surface area contributed by atoms with E-state index in [1.165, 1.54) is 6.92 Å². The Morgan fingerprint density at radius 1 is 1.67 bits per heavy atom. The Morgan fingerprint density at radius 2 is 1.83 bits per heavy atom. The van der Waals surface area contributed by atoms with Gasteiger partial charge < -0.3 is 0 Å². The Balaban J connectivity index is 3.94. The monoisotopic (exact) mass is 106 g/mol. The summed E-state index contributed by atoms with van der Waals surface area (Å²) in [5, 5.41) is 0. The molecule has 0 saturated heterocycles. The molecule has 0 radical (unpaired) electrons. The maximum Gasteiger partial charge on any atom is 0.163 e. The molecule has 0 aliphatic heterocycles. The highest BCUT2D eigenvalue weighted by molar-refractivity contribution is 7.76. The van der Waals surface area contributed by atoms with Crippen LogP contribution >= 0.6 is 0 Å². The van der Waals surface area contributed by atoms with Crippen LogP contribution in [-0.4, -0.2) is 8.42 Å². The second-order valence-electron chi connectivity index (χ2n) is 0.992. The fourth-order valence-corrected chi connectivity index (χ4v) is 0. The number of rotatable bonds is 1. The molecule has 0 bridgehead atoms. The van der Waals surface area contributed by atoms with Gasteiger partial charge in [0.15, 0.2) is 10.7 Å². The van der Waals surface area contributed by atoms with E-state index in [-0.39, 0.29) is 4.91 Å². The molecule has 2 nitrogen and oxygen atoms in total. The van der Waals surface area contributed by atoms with Gasteiger partial charge in [0, 0.05) is 4.91 Å². The summed E-state index contributed by atoms with van der Waals surface area (Å²) < 4.78 is 19.3. The largest absolute Gasteiger partial charge is 0.227 e. The van der Waals surface area contributed by atoms with Crippen LogP contribution in [0.1, 0.15) is 6.92 Å². The summed E-state index contributed by atoms with van der Waals surface area (Å²) in [5.41, 5.74) is 0. The zero-order chi connectivity index (χ0) is 5.15. The highest BCUT2D eigenvalue weighted by atomic mass is 32.2. The molecule has 0 aromatic carbocycles. The first-order chi connectivity index (χ1) is 2.64. The highest BCUT2D eigenvalue weighted by Gasteiger charge is 1.77. The van der Waals surface area contributed by atoms with Crippen LogP contribution in [0.2, 0.25) is 0 Å². The molecular formula is C3H6O2S. The first kappa shape index (κ1) is 5.69. The molecule has 0 aliphatic rings. The molecule has 0 aromatic heterocycles. The van der Waals surface area contributed by atoms with Crippen LogP contribution in [0.15, 0.2) is 11.5 Å². The maximum absolute atomic E-state index is 9.64. The van der Waals surface area contributed by atoms with Crippen LogP contribution < -0.4 is 0 Å². The normalized spacial score (nSPS) is 9.00. The minimum Gasteiger partial charge on any atom is -0.227 e. The predicted molar refractivity (Wildman–Crippen MR) is 25.1 cm³/mol. The smallest absolute Gasteiger partial charge is 0.163 e. The summed E-state index contributed by atoms with van der Waals surface area (Å²) in [6.07, 6.45) is 0. The molecule has 0 N–H and O–H groups in total. The van der Waals surface area contributed by atoms with Gasteiger partial charge in [0.2, 0.25) is 0 Å². The van der Waals surface area contributed by atoms with E-state index in [0.29, 0.717) is 0 Å². The van der Waals surface area contributed by atoms with E-state index in [2.05, 4.69) is 6.58 Å². The lowest BCUT2D eigenvalue weighted by Crippen LogP contribution is -1.70. The van der Waals surface area contributed by atoms with Crippen molar-refractivity contribution in [1.29, 1.82) is 0 Å². The van der Waals surface area contributed by atoms with Crippen molar-refractivity contribution in [3.63, 3.8) is 0 Å². The van der Waals surface area contributed by atoms with Gasteiger partial charge in [0.05, 0.1) is 0 Å². The molecule has 6 heavy (non-hydrogen) atoms. The molecule has 0 unspecified atom stereocenters. The Kier molecular flexibility index (Phi) is 1.87. The summed E-state index contributed by atoms with van der Waals surface area (Å²) in [4.78, 5) is 0.213. The van der Waals surface area contributed by atoms with Gasteiger partial charge in [0.25, 0.3) is 0 Å². The van der Waals surface area contributed by atoms with Crippen molar-refractivity contribution < 1.29 is 8.42 Å². The van der Waals surface area contributed by atoms with Crippen LogP contribution in [0.25, 0.3) is 0 Å². The highest BCUT2D eigenvalue weighted by Crippen LogP contribution is 1.81. The number of hydrogen-bond acceptors (Lipinski definition) is 2. The summed E-state index contributed by atoms with van der Waals surface area (Å²) in [5.74, 6) is 0. The molecule has 0 saturated carbocycles. The topological polar surface area (TPSA) is 34.1 Å². The molecule has 0 atom stereocenters. The summed E-state index contributed by atoms with van der Waals surface area (Å²) in [6.45, 7) is 4.61. The molecule has 0 amide bonds. The number of hydrogen-bond donors (Lipinski definition) is 1. The van der Waals surface area contributed by atoms with E-state index in [4.69, 9.17) is 0 Å². The van der Waals surface area contributed by atoms with Gasteiger partial charge in [-0.3, -0.25) is 0 Å². The zero-order valence-corrected chi connectivity index (χ0v) is 4.37. The SMILES string of the molecule is C=C(C)[SH](=O)=O. The van der Waals surface area contributed by atoms with Crippen molar-refractivity contribution >= 4 is 10.7 Å². The van der Waals surface area contributed by atoms with Gasteiger partial charge in [-0.25, -0.2) is 8.42 Å². The minimum atomic E-state index is -2.35. The molecule has 0 spiro atoms. The van der Waals surface area contributed by atoms with E-state index >= 15 is 0 Å². The first-order valence-corrected chi connectivity index (χ1v) is 2.62. The van der Waals surface area contributed by atoms with Gasteiger partial charge in [-0.05, 0) is 6.92 Å². The lowest BCUT2D eigenvalue weighted by molar-refractivity contribution is 0.619. The molecule has 0 aromatic rings. The summed E-state index contributed by atoms with van der Waals surface area (Å²) in [7, 11) is -2.35. The van der Waals surface area contributed by atoms with E-state index < -0.39 is 10.7 Å². The van der Waals surface area contributed by atoms with Crippen LogP contribution in [0.4, 0.5) is 0 Å². The summed E-state index contributed by atoms with van der Waals surface area (Å²) in [6, 6.07) is 0. The van der Waals surface area contributed by atoms with Crippen molar-refractivity contribution in [3.05, 3.63) is 11.5 Å². The third-order valence-electron chi connectivity index (χ3n) is 0.312. The third-order valence-corrected chi connectivity index (χ3v) is 0.935. The fraction of sp³-hybridized carbons (Fsp3) is 0.333. The first-order valence-electron chi connectivity index (χ1n) is 1.44. The van der Waals surface area contributed by atoms with E-state index in [9.17, 15) is 8.42 Å². The molecule has 36 valence electrons. The van der Waals surface area contributed by atoms with Crippen molar-refractivity contribution in [2.24, 2.45) is 0 Å². The molecule has 0 rings (SSSR count). The Labute approximate surface area is 38.4 Å². The van der Waals surface area contributed by atoms with Gasteiger partial charge in [0.1, 0.15) is 0 Å². The number of thiol groups is 1. The molecule has 3 heteroatoms. The van der Waals surface area contributed by atoms with Gasteiger partial charge in [-0.1, -0.05) is 6.58 Å². The van der Waals surface area contributed by atoms with E-state index in [1.807, 2.05) is 0 Å². The molecule has 0 fully saturated rings. The van der Waals surface area contributed by atoms with Crippen molar-refractivity contribution in [2.45, 2.75) is 6.92 Å². The molecular weight excluding hydrogens is 100 g/mol. The van der Waals surface area contributed by atoms with Crippen LogP contribution in [0.5, 0.6) is 0 Å². The third kappa shape index (κ3) is 1.96. The van der Waals surface area contributed by atoms with Crippen molar-refractivity contribution in [2.75, 3.05) is 0 Å². The summed E-state index contributed by atoms with van der Waals surface area (Å²) >= 11 is 0.